The van der Waals surface area contributed by atoms with Gasteiger partial charge in [0.1, 0.15) is 0 Å². The smallest absolute Gasteiger partial charge is 0.0285 e. The third kappa shape index (κ3) is 5.20. The Labute approximate surface area is 130 Å². The molecule has 1 aromatic heterocycles. The molecule has 0 amide bonds. The lowest BCUT2D eigenvalue weighted by Crippen LogP contribution is -2.41. The second kappa shape index (κ2) is 6.73. The first-order chi connectivity index (χ1) is 8.94. The first-order valence-electron chi connectivity index (χ1n) is 7.42. The third-order valence-electron chi connectivity index (χ3n) is 4.05. The van der Waals surface area contributed by atoms with Crippen molar-refractivity contribution in [3.8, 4) is 0 Å². The lowest BCUT2D eigenvalue weighted by Gasteiger charge is -2.28. The fraction of sp³-hybridized carbons (Fsp3) is 0.750. The van der Waals surface area contributed by atoms with E-state index in [1.807, 2.05) is 11.3 Å². The minimum atomic E-state index is 0.229. The molecular formula is C16H26BrNS. The zero-order valence-electron chi connectivity index (χ0n) is 12.3. The number of nitrogens with one attached hydrogen (secondary N) is 1. The van der Waals surface area contributed by atoms with Crippen LogP contribution in [0, 0.1) is 11.8 Å². The molecule has 1 nitrogen and oxygen atoms in total. The van der Waals surface area contributed by atoms with Crippen LogP contribution >= 0.6 is 27.3 Å². The highest BCUT2D eigenvalue weighted by atomic mass is 79.9. The zero-order valence-corrected chi connectivity index (χ0v) is 14.7. The van der Waals surface area contributed by atoms with Crippen LogP contribution in [0.5, 0.6) is 0 Å². The van der Waals surface area contributed by atoms with Gasteiger partial charge in [-0.05, 0) is 67.6 Å². The molecular weight excluding hydrogens is 318 g/mol. The van der Waals surface area contributed by atoms with E-state index in [2.05, 4.69) is 53.5 Å². The van der Waals surface area contributed by atoms with Gasteiger partial charge >= 0.3 is 0 Å². The topological polar surface area (TPSA) is 12.0 Å². The van der Waals surface area contributed by atoms with E-state index in [1.54, 1.807) is 0 Å². The summed E-state index contributed by atoms with van der Waals surface area (Å²) in [7, 11) is 0. The van der Waals surface area contributed by atoms with Crippen molar-refractivity contribution in [2.45, 2.75) is 58.4 Å². The Bertz CT molecular complexity index is 388. The van der Waals surface area contributed by atoms with E-state index in [0.717, 1.165) is 18.4 Å². The van der Waals surface area contributed by atoms with Gasteiger partial charge in [0.15, 0.2) is 0 Å². The predicted octanol–water partition coefficient (Wildman–Crippen LogP) is 5.25. The summed E-state index contributed by atoms with van der Waals surface area (Å²) in [6.45, 7) is 7.95. The van der Waals surface area contributed by atoms with Crippen molar-refractivity contribution in [1.82, 2.24) is 5.32 Å². The van der Waals surface area contributed by atoms with Gasteiger partial charge in [-0.1, -0.05) is 25.7 Å². The summed E-state index contributed by atoms with van der Waals surface area (Å²) in [5.41, 5.74) is 0.229. The van der Waals surface area contributed by atoms with Crippen molar-refractivity contribution < 1.29 is 0 Å². The van der Waals surface area contributed by atoms with Gasteiger partial charge < -0.3 is 5.32 Å². The first kappa shape index (κ1) is 15.5. The Morgan fingerprint density at radius 2 is 2.05 bits per heavy atom. The molecule has 1 aromatic rings. The second-order valence-electron chi connectivity index (χ2n) is 6.87. The maximum atomic E-state index is 3.72. The quantitative estimate of drug-likeness (QED) is 0.769. The second-order valence-corrected chi connectivity index (χ2v) is 8.78. The molecule has 1 atom stereocenters. The standard InChI is InChI=1S/C16H26BrNS/c1-16(2,3)18-10-13(12-6-4-5-7-12)8-15-9-14(17)11-19-15/h9,11-13,18H,4-8,10H2,1-3H3. The van der Waals surface area contributed by atoms with E-state index in [4.69, 9.17) is 0 Å². The molecule has 1 unspecified atom stereocenters. The van der Waals surface area contributed by atoms with Crippen molar-refractivity contribution in [3.05, 3.63) is 20.8 Å². The number of hydrogen-bond acceptors (Lipinski definition) is 2. The molecule has 0 aromatic carbocycles. The molecule has 19 heavy (non-hydrogen) atoms. The van der Waals surface area contributed by atoms with Crippen LogP contribution in [-0.2, 0) is 6.42 Å². The van der Waals surface area contributed by atoms with Gasteiger partial charge in [-0.3, -0.25) is 0 Å². The molecule has 0 radical (unpaired) electrons. The van der Waals surface area contributed by atoms with Crippen LogP contribution in [0.3, 0.4) is 0 Å². The average molecular weight is 344 g/mol. The van der Waals surface area contributed by atoms with Gasteiger partial charge in [0.25, 0.3) is 0 Å². The van der Waals surface area contributed by atoms with Crippen molar-refractivity contribution in [3.63, 3.8) is 0 Å². The summed E-state index contributed by atoms with van der Waals surface area (Å²) < 4.78 is 1.24. The van der Waals surface area contributed by atoms with E-state index in [0.29, 0.717) is 0 Å². The van der Waals surface area contributed by atoms with Gasteiger partial charge in [-0.2, -0.15) is 0 Å². The number of hydrogen-bond donors (Lipinski definition) is 1. The van der Waals surface area contributed by atoms with E-state index < -0.39 is 0 Å². The van der Waals surface area contributed by atoms with E-state index in [-0.39, 0.29) is 5.54 Å². The van der Waals surface area contributed by atoms with Crippen molar-refractivity contribution in [2.24, 2.45) is 11.8 Å². The summed E-state index contributed by atoms with van der Waals surface area (Å²) in [5, 5.41) is 5.93. The fourth-order valence-corrected chi connectivity index (χ4v) is 4.54. The van der Waals surface area contributed by atoms with E-state index >= 15 is 0 Å². The zero-order chi connectivity index (χ0) is 13.9. The molecule has 1 saturated carbocycles. The maximum Gasteiger partial charge on any atom is 0.0285 e. The van der Waals surface area contributed by atoms with Crippen LogP contribution in [-0.4, -0.2) is 12.1 Å². The normalized spacial score (nSPS) is 18.9. The Hall–Kier alpha value is 0.140. The first-order valence-corrected chi connectivity index (χ1v) is 9.09. The summed E-state index contributed by atoms with van der Waals surface area (Å²) >= 11 is 5.47. The highest BCUT2D eigenvalue weighted by molar-refractivity contribution is 9.10. The number of rotatable bonds is 5. The molecule has 0 aliphatic heterocycles. The van der Waals surface area contributed by atoms with E-state index in [9.17, 15) is 0 Å². The van der Waals surface area contributed by atoms with Gasteiger partial charge in [0, 0.05) is 20.3 Å². The van der Waals surface area contributed by atoms with E-state index in [1.165, 1.54) is 41.5 Å². The third-order valence-corrected chi connectivity index (χ3v) is 5.77. The average Bonchev–Trinajstić information content (AvgIpc) is 2.94. The van der Waals surface area contributed by atoms with Gasteiger partial charge in [-0.15, -0.1) is 11.3 Å². The minimum Gasteiger partial charge on any atom is -0.312 e. The largest absolute Gasteiger partial charge is 0.312 e. The molecule has 0 bridgehead atoms. The highest BCUT2D eigenvalue weighted by Crippen LogP contribution is 2.34. The van der Waals surface area contributed by atoms with Gasteiger partial charge in [0.2, 0.25) is 0 Å². The lowest BCUT2D eigenvalue weighted by molar-refractivity contribution is 0.288. The lowest BCUT2D eigenvalue weighted by atomic mass is 9.87. The van der Waals surface area contributed by atoms with Crippen molar-refractivity contribution in [1.29, 1.82) is 0 Å². The van der Waals surface area contributed by atoms with Crippen LogP contribution in [0.15, 0.2) is 15.9 Å². The summed E-state index contributed by atoms with van der Waals surface area (Å²) in [6, 6.07) is 2.30. The van der Waals surface area contributed by atoms with Gasteiger partial charge in [0.05, 0.1) is 0 Å². The monoisotopic (exact) mass is 343 g/mol. The molecule has 108 valence electrons. The molecule has 2 rings (SSSR count). The van der Waals surface area contributed by atoms with Crippen molar-refractivity contribution >= 4 is 27.3 Å². The Balaban J connectivity index is 1.97. The molecule has 0 saturated heterocycles. The minimum absolute atomic E-state index is 0.229. The molecule has 1 aliphatic carbocycles. The summed E-state index contributed by atoms with van der Waals surface area (Å²) in [5.74, 6) is 1.73. The Morgan fingerprint density at radius 1 is 1.37 bits per heavy atom. The SMILES string of the molecule is CC(C)(C)NCC(Cc1cc(Br)cs1)C1CCCC1. The molecule has 1 fully saturated rings. The Kier molecular flexibility index (Phi) is 5.50. The number of thiophene rings is 1. The molecule has 1 aliphatic rings. The summed E-state index contributed by atoms with van der Waals surface area (Å²) in [6.07, 6.45) is 6.98. The van der Waals surface area contributed by atoms with Gasteiger partial charge in [-0.25, -0.2) is 0 Å². The Morgan fingerprint density at radius 3 is 2.58 bits per heavy atom. The predicted molar refractivity (Wildman–Crippen MR) is 88.9 cm³/mol. The fourth-order valence-electron chi connectivity index (χ4n) is 2.99. The number of halogens is 1. The summed E-state index contributed by atoms with van der Waals surface area (Å²) in [4.78, 5) is 1.53. The van der Waals surface area contributed by atoms with Crippen LogP contribution in [0.25, 0.3) is 0 Å². The molecule has 1 heterocycles. The van der Waals surface area contributed by atoms with Crippen LogP contribution in [0.1, 0.15) is 51.3 Å². The highest BCUT2D eigenvalue weighted by Gasteiger charge is 2.26. The maximum absolute atomic E-state index is 3.72. The van der Waals surface area contributed by atoms with Crippen LogP contribution in [0.2, 0.25) is 0 Å². The molecule has 3 heteroatoms. The van der Waals surface area contributed by atoms with Crippen LogP contribution < -0.4 is 5.32 Å². The van der Waals surface area contributed by atoms with Crippen LogP contribution in [0.4, 0.5) is 0 Å². The molecule has 0 spiro atoms. The molecule has 1 N–H and O–H groups in total. The van der Waals surface area contributed by atoms with Crippen molar-refractivity contribution in [2.75, 3.05) is 6.54 Å².